The van der Waals surface area contributed by atoms with E-state index in [1.165, 1.54) is 24.3 Å². The smallest absolute Gasteiger partial charge is 0.319 e. The van der Waals surface area contributed by atoms with Crippen LogP contribution in [-0.2, 0) is 0 Å². The number of hydrogen-bond donors (Lipinski definition) is 1. The SMILES string of the molecule is CCC[C@H](c1ccccn1)N(C)C(=O)Nc1ccc(F)cc1. The van der Waals surface area contributed by atoms with Gasteiger partial charge in [0.2, 0.25) is 0 Å². The highest BCUT2D eigenvalue weighted by molar-refractivity contribution is 5.89. The average molecular weight is 301 g/mol. The number of hydrogen-bond acceptors (Lipinski definition) is 2. The van der Waals surface area contributed by atoms with Crippen LogP contribution in [0.5, 0.6) is 0 Å². The molecule has 0 aliphatic carbocycles. The highest BCUT2D eigenvalue weighted by atomic mass is 19.1. The molecule has 0 spiro atoms. The zero-order valence-corrected chi connectivity index (χ0v) is 12.8. The van der Waals surface area contributed by atoms with Crippen LogP contribution in [0.4, 0.5) is 14.9 Å². The maximum Gasteiger partial charge on any atom is 0.322 e. The molecule has 4 nitrogen and oxygen atoms in total. The molecule has 1 aromatic carbocycles. The van der Waals surface area contributed by atoms with Crippen LogP contribution in [0.3, 0.4) is 0 Å². The number of amides is 2. The number of benzene rings is 1. The molecule has 0 aliphatic heterocycles. The number of nitrogens with zero attached hydrogens (tertiary/aromatic N) is 2. The topological polar surface area (TPSA) is 45.2 Å². The molecule has 0 radical (unpaired) electrons. The first-order valence-corrected chi connectivity index (χ1v) is 7.32. The van der Waals surface area contributed by atoms with Crippen molar-refractivity contribution in [1.82, 2.24) is 9.88 Å². The largest absolute Gasteiger partial charge is 0.322 e. The lowest BCUT2D eigenvalue weighted by Gasteiger charge is -2.27. The standard InChI is InChI=1S/C17H20FN3O/c1-3-6-16(15-7-4-5-12-19-15)21(2)17(22)20-14-10-8-13(18)9-11-14/h4-5,7-12,16H,3,6H2,1-2H3,(H,20,22)/t16-/m1/s1. The van der Waals surface area contributed by atoms with Crippen LogP contribution < -0.4 is 5.32 Å². The fraction of sp³-hybridized carbons (Fsp3) is 0.294. The Morgan fingerprint density at radius 1 is 1.27 bits per heavy atom. The van der Waals surface area contributed by atoms with Gasteiger partial charge in [-0.05, 0) is 42.8 Å². The molecule has 0 saturated carbocycles. The molecule has 0 unspecified atom stereocenters. The maximum absolute atomic E-state index is 12.9. The van der Waals surface area contributed by atoms with Crippen LogP contribution in [0, 0.1) is 5.82 Å². The van der Waals surface area contributed by atoms with Crippen LogP contribution in [0.1, 0.15) is 31.5 Å². The number of aromatic nitrogens is 1. The monoisotopic (exact) mass is 301 g/mol. The summed E-state index contributed by atoms with van der Waals surface area (Å²) in [5.41, 5.74) is 1.43. The predicted molar refractivity (Wildman–Crippen MR) is 85.1 cm³/mol. The van der Waals surface area contributed by atoms with Gasteiger partial charge in [-0.2, -0.15) is 0 Å². The Bertz CT molecular complexity index is 601. The second-order valence-corrected chi connectivity index (χ2v) is 5.11. The molecule has 0 fully saturated rings. The molecular formula is C17H20FN3O. The number of halogens is 1. The number of carbonyl (C=O) groups excluding carboxylic acids is 1. The van der Waals surface area contributed by atoms with Crippen molar-refractivity contribution in [3.8, 4) is 0 Å². The van der Waals surface area contributed by atoms with E-state index in [1.807, 2.05) is 18.2 Å². The molecule has 22 heavy (non-hydrogen) atoms. The lowest BCUT2D eigenvalue weighted by atomic mass is 10.1. The molecule has 1 heterocycles. The van der Waals surface area contributed by atoms with Crippen molar-refractivity contribution in [2.45, 2.75) is 25.8 Å². The first-order chi connectivity index (χ1) is 10.6. The second-order valence-electron chi connectivity index (χ2n) is 5.11. The summed E-state index contributed by atoms with van der Waals surface area (Å²) in [6, 6.07) is 11.1. The third kappa shape index (κ3) is 4.04. The van der Waals surface area contributed by atoms with E-state index in [9.17, 15) is 9.18 Å². The molecule has 116 valence electrons. The molecule has 1 N–H and O–H groups in total. The molecule has 1 aromatic heterocycles. The van der Waals surface area contributed by atoms with Crippen molar-refractivity contribution in [2.24, 2.45) is 0 Å². The number of urea groups is 1. The minimum absolute atomic E-state index is 0.0911. The molecule has 0 aliphatic rings. The minimum atomic E-state index is -0.330. The van der Waals surface area contributed by atoms with E-state index in [0.717, 1.165) is 18.5 Å². The number of rotatable bonds is 5. The fourth-order valence-electron chi connectivity index (χ4n) is 2.27. The van der Waals surface area contributed by atoms with E-state index in [-0.39, 0.29) is 17.9 Å². The number of nitrogens with one attached hydrogen (secondary N) is 1. The summed E-state index contributed by atoms with van der Waals surface area (Å²) in [5, 5.41) is 2.77. The Kier molecular flexibility index (Phi) is 5.47. The van der Waals surface area contributed by atoms with Crippen LogP contribution >= 0.6 is 0 Å². The summed E-state index contributed by atoms with van der Waals surface area (Å²) >= 11 is 0. The highest BCUT2D eigenvalue weighted by Crippen LogP contribution is 2.23. The van der Waals surface area contributed by atoms with Gasteiger partial charge in [-0.25, -0.2) is 9.18 Å². The fourth-order valence-corrected chi connectivity index (χ4v) is 2.27. The van der Waals surface area contributed by atoms with E-state index >= 15 is 0 Å². The first-order valence-electron chi connectivity index (χ1n) is 7.32. The lowest BCUT2D eigenvalue weighted by Crippen LogP contribution is -2.35. The van der Waals surface area contributed by atoms with Crippen molar-refractivity contribution in [2.75, 3.05) is 12.4 Å². The van der Waals surface area contributed by atoms with E-state index in [0.29, 0.717) is 5.69 Å². The van der Waals surface area contributed by atoms with Crippen LogP contribution in [0.15, 0.2) is 48.7 Å². The van der Waals surface area contributed by atoms with E-state index < -0.39 is 0 Å². The van der Waals surface area contributed by atoms with Crippen molar-refractivity contribution in [3.63, 3.8) is 0 Å². The highest BCUT2D eigenvalue weighted by Gasteiger charge is 2.21. The summed E-state index contributed by atoms with van der Waals surface area (Å²) in [7, 11) is 1.74. The molecule has 0 saturated heterocycles. The normalized spacial score (nSPS) is 11.8. The van der Waals surface area contributed by atoms with Crippen LogP contribution in [0.25, 0.3) is 0 Å². The van der Waals surface area contributed by atoms with E-state index in [1.54, 1.807) is 18.1 Å². The summed E-state index contributed by atoms with van der Waals surface area (Å²) in [5.74, 6) is -0.330. The summed E-state index contributed by atoms with van der Waals surface area (Å²) < 4.78 is 12.9. The molecule has 2 aromatic rings. The summed E-state index contributed by atoms with van der Waals surface area (Å²) in [6.07, 6.45) is 3.49. The molecule has 2 rings (SSSR count). The first kappa shape index (κ1) is 15.9. The Balaban J connectivity index is 2.10. The predicted octanol–water partition coefficient (Wildman–Crippen LogP) is 4.23. The minimum Gasteiger partial charge on any atom is -0.319 e. The zero-order valence-electron chi connectivity index (χ0n) is 12.8. The quantitative estimate of drug-likeness (QED) is 0.898. The van der Waals surface area contributed by atoms with Gasteiger partial charge in [0.15, 0.2) is 0 Å². The van der Waals surface area contributed by atoms with Crippen molar-refractivity contribution in [1.29, 1.82) is 0 Å². The van der Waals surface area contributed by atoms with Crippen molar-refractivity contribution >= 4 is 11.7 Å². The number of anilines is 1. The van der Waals surface area contributed by atoms with Crippen LogP contribution in [0.2, 0.25) is 0 Å². The number of pyridine rings is 1. The maximum atomic E-state index is 12.9. The van der Waals surface area contributed by atoms with Gasteiger partial charge in [0.25, 0.3) is 0 Å². The Labute approximate surface area is 130 Å². The van der Waals surface area contributed by atoms with Gasteiger partial charge in [-0.1, -0.05) is 19.4 Å². The van der Waals surface area contributed by atoms with Crippen molar-refractivity contribution < 1.29 is 9.18 Å². The Morgan fingerprint density at radius 2 is 2.00 bits per heavy atom. The third-order valence-corrected chi connectivity index (χ3v) is 3.47. The number of carbonyl (C=O) groups is 1. The van der Waals surface area contributed by atoms with Gasteiger partial charge in [0.1, 0.15) is 5.82 Å². The van der Waals surface area contributed by atoms with E-state index in [2.05, 4.69) is 17.2 Å². The average Bonchev–Trinajstić information content (AvgIpc) is 2.55. The van der Waals surface area contributed by atoms with Gasteiger partial charge in [0, 0.05) is 18.9 Å². The van der Waals surface area contributed by atoms with Gasteiger partial charge in [-0.3, -0.25) is 4.98 Å². The zero-order chi connectivity index (χ0) is 15.9. The molecular weight excluding hydrogens is 281 g/mol. The van der Waals surface area contributed by atoms with Gasteiger partial charge in [-0.15, -0.1) is 0 Å². The van der Waals surface area contributed by atoms with Crippen LogP contribution in [-0.4, -0.2) is 23.0 Å². The lowest BCUT2D eigenvalue weighted by molar-refractivity contribution is 0.199. The third-order valence-electron chi connectivity index (χ3n) is 3.47. The summed E-state index contributed by atoms with van der Waals surface area (Å²) in [4.78, 5) is 18.4. The summed E-state index contributed by atoms with van der Waals surface area (Å²) in [6.45, 7) is 2.07. The Hall–Kier alpha value is -2.43. The molecule has 5 heteroatoms. The van der Waals surface area contributed by atoms with Gasteiger partial charge < -0.3 is 10.2 Å². The van der Waals surface area contributed by atoms with E-state index in [4.69, 9.17) is 0 Å². The van der Waals surface area contributed by atoms with Gasteiger partial charge >= 0.3 is 6.03 Å². The molecule has 1 atom stereocenters. The van der Waals surface area contributed by atoms with Crippen molar-refractivity contribution in [3.05, 3.63) is 60.2 Å². The second kappa shape index (κ2) is 7.54. The van der Waals surface area contributed by atoms with Gasteiger partial charge in [0.05, 0.1) is 11.7 Å². The molecule has 2 amide bonds. The molecule has 0 bridgehead atoms. The Morgan fingerprint density at radius 3 is 2.59 bits per heavy atom.